The van der Waals surface area contributed by atoms with E-state index in [1.165, 1.54) is 9.80 Å². The molecule has 7 heteroatoms. The third kappa shape index (κ3) is 9.39. The van der Waals surface area contributed by atoms with Crippen LogP contribution in [0.4, 0.5) is 18.0 Å². The molecule has 0 aromatic heterocycles. The van der Waals surface area contributed by atoms with Gasteiger partial charge in [0, 0.05) is 26.2 Å². The van der Waals surface area contributed by atoms with Crippen molar-refractivity contribution in [1.82, 2.24) is 9.80 Å². The molecule has 1 amide bonds. The van der Waals surface area contributed by atoms with E-state index in [-0.39, 0.29) is 26.2 Å². The maximum atomic E-state index is 12.2. The number of piperazine rings is 1. The lowest BCUT2D eigenvalue weighted by Crippen LogP contribution is -2.51. The van der Waals surface area contributed by atoms with E-state index in [1.54, 1.807) is 20.8 Å². The average molecular weight is 346 g/mol. The Morgan fingerprint density at radius 1 is 0.917 bits per heavy atom. The molecule has 0 N–H and O–H groups in total. The summed E-state index contributed by atoms with van der Waals surface area (Å²) in [6.45, 7) is 5.32. The maximum Gasteiger partial charge on any atom is 0.410 e. The number of amides is 1. The largest absolute Gasteiger partial charge is 0.444 e. The second-order valence-electron chi connectivity index (χ2n) is 6.51. The molecule has 1 saturated heterocycles. The molecule has 24 heavy (non-hydrogen) atoms. The third-order valence-corrected chi connectivity index (χ3v) is 3.09. The van der Waals surface area contributed by atoms with Crippen molar-refractivity contribution in [3.63, 3.8) is 0 Å². The van der Waals surface area contributed by atoms with Crippen molar-refractivity contribution < 1.29 is 22.7 Å². The quantitative estimate of drug-likeness (QED) is 0.776. The molecule has 4 nitrogen and oxygen atoms in total. The van der Waals surface area contributed by atoms with Gasteiger partial charge in [0.1, 0.15) is 5.60 Å². The van der Waals surface area contributed by atoms with E-state index in [9.17, 15) is 18.0 Å². The maximum absolute atomic E-state index is 12.2. The predicted octanol–water partition coefficient (Wildman–Crippen LogP) is 3.79. The van der Waals surface area contributed by atoms with Crippen LogP contribution in [0.1, 0.15) is 20.8 Å². The van der Waals surface area contributed by atoms with Crippen LogP contribution in [0.5, 0.6) is 0 Å². The number of carbonyl (C=O) groups excluding carboxylic acids is 1. The van der Waals surface area contributed by atoms with Crippen molar-refractivity contribution in [2.75, 3.05) is 32.7 Å². The van der Waals surface area contributed by atoms with Crippen LogP contribution >= 0.6 is 0 Å². The lowest BCUT2D eigenvalue weighted by atomic mass is 10.2. The van der Waals surface area contributed by atoms with Gasteiger partial charge >= 0.3 is 12.3 Å². The Kier molecular flexibility index (Phi) is 7.54. The molecule has 1 heterocycles. The summed E-state index contributed by atoms with van der Waals surface area (Å²) in [5, 5.41) is 0. The predicted molar refractivity (Wildman–Crippen MR) is 86.7 cm³/mol. The fourth-order valence-corrected chi connectivity index (χ4v) is 2.05. The zero-order valence-corrected chi connectivity index (χ0v) is 14.3. The number of ether oxygens (including phenoxy) is 1. The molecule has 1 aliphatic rings. The van der Waals surface area contributed by atoms with Gasteiger partial charge < -0.3 is 9.64 Å². The van der Waals surface area contributed by atoms with E-state index in [4.69, 9.17) is 4.74 Å². The molecule has 0 atom stereocenters. The first-order valence-corrected chi connectivity index (χ1v) is 7.84. The highest BCUT2D eigenvalue weighted by molar-refractivity contribution is 5.68. The SMILES string of the molecule is CC(C)(C)OC(=O)N1CCN(CC(F)(F)F)CC1.c1ccccc1. The fraction of sp³-hybridized carbons (Fsp3) is 0.588. The van der Waals surface area contributed by atoms with E-state index in [0.29, 0.717) is 0 Å². The lowest BCUT2D eigenvalue weighted by molar-refractivity contribution is -0.148. The van der Waals surface area contributed by atoms with Crippen LogP contribution < -0.4 is 0 Å². The molecular formula is C17H25F3N2O2. The zero-order chi connectivity index (χ0) is 18.2. The summed E-state index contributed by atoms with van der Waals surface area (Å²) in [5.41, 5.74) is -0.583. The molecule has 136 valence electrons. The van der Waals surface area contributed by atoms with Gasteiger partial charge in [-0.1, -0.05) is 36.4 Å². The number of nitrogens with zero attached hydrogens (tertiary/aromatic N) is 2. The Balaban J connectivity index is 0.000000400. The number of carbonyl (C=O) groups is 1. The monoisotopic (exact) mass is 346 g/mol. The minimum Gasteiger partial charge on any atom is -0.444 e. The summed E-state index contributed by atoms with van der Waals surface area (Å²) in [6.07, 6.45) is -4.65. The number of alkyl halides is 3. The molecule has 0 aliphatic carbocycles. The molecule has 1 aromatic carbocycles. The van der Waals surface area contributed by atoms with E-state index in [0.717, 1.165) is 0 Å². The van der Waals surface area contributed by atoms with E-state index in [2.05, 4.69) is 0 Å². The highest BCUT2D eigenvalue weighted by Gasteiger charge is 2.33. The number of hydrogen-bond donors (Lipinski definition) is 0. The molecule has 2 rings (SSSR count). The molecule has 0 unspecified atom stereocenters. The van der Waals surface area contributed by atoms with Gasteiger partial charge in [0.15, 0.2) is 0 Å². The number of benzene rings is 1. The Morgan fingerprint density at radius 3 is 1.67 bits per heavy atom. The highest BCUT2D eigenvalue weighted by Crippen LogP contribution is 2.18. The first-order chi connectivity index (χ1) is 11.1. The smallest absolute Gasteiger partial charge is 0.410 e. The van der Waals surface area contributed by atoms with Crippen molar-refractivity contribution in [1.29, 1.82) is 0 Å². The van der Waals surface area contributed by atoms with Crippen LogP contribution in [0.25, 0.3) is 0 Å². The third-order valence-electron chi connectivity index (χ3n) is 3.09. The Labute approximate surface area is 141 Å². The summed E-state index contributed by atoms with van der Waals surface area (Å²) >= 11 is 0. The standard InChI is InChI=1S/C11H19F3N2O2.C6H6/c1-10(2,3)18-9(17)16-6-4-15(5-7-16)8-11(12,13)14;1-2-4-6-5-3-1/h4-8H2,1-3H3;1-6H. The zero-order valence-electron chi connectivity index (χ0n) is 14.3. The van der Waals surface area contributed by atoms with Crippen LogP contribution in [-0.2, 0) is 4.74 Å². The Morgan fingerprint density at radius 2 is 1.33 bits per heavy atom. The van der Waals surface area contributed by atoms with Gasteiger partial charge in [0.05, 0.1) is 6.54 Å². The highest BCUT2D eigenvalue weighted by atomic mass is 19.4. The van der Waals surface area contributed by atoms with Gasteiger partial charge in [0.25, 0.3) is 0 Å². The van der Waals surface area contributed by atoms with Gasteiger partial charge in [-0.2, -0.15) is 13.2 Å². The second kappa shape index (κ2) is 8.92. The lowest BCUT2D eigenvalue weighted by Gasteiger charge is -2.35. The van der Waals surface area contributed by atoms with Crippen LogP contribution in [0.3, 0.4) is 0 Å². The van der Waals surface area contributed by atoms with Crippen LogP contribution in [0.15, 0.2) is 36.4 Å². The molecule has 1 aromatic rings. The van der Waals surface area contributed by atoms with Gasteiger partial charge in [-0.3, -0.25) is 4.90 Å². The van der Waals surface area contributed by atoms with E-state index >= 15 is 0 Å². The van der Waals surface area contributed by atoms with Crippen LogP contribution in [0.2, 0.25) is 0 Å². The summed E-state index contributed by atoms with van der Waals surface area (Å²) in [4.78, 5) is 14.4. The molecule has 0 radical (unpaired) electrons. The first kappa shape index (κ1) is 20.3. The minimum atomic E-state index is -4.19. The van der Waals surface area contributed by atoms with Crippen molar-refractivity contribution >= 4 is 6.09 Å². The van der Waals surface area contributed by atoms with Crippen molar-refractivity contribution in [3.8, 4) is 0 Å². The molecule has 0 saturated carbocycles. The first-order valence-electron chi connectivity index (χ1n) is 7.84. The number of rotatable bonds is 1. The number of halogens is 3. The Bertz CT molecular complexity index is 452. The molecule has 0 spiro atoms. The van der Waals surface area contributed by atoms with Crippen LogP contribution in [0, 0.1) is 0 Å². The normalized spacial score (nSPS) is 16.2. The van der Waals surface area contributed by atoms with Gasteiger partial charge in [0.2, 0.25) is 0 Å². The van der Waals surface area contributed by atoms with Gasteiger partial charge in [-0.05, 0) is 20.8 Å². The molecular weight excluding hydrogens is 321 g/mol. The summed E-state index contributed by atoms with van der Waals surface area (Å²) in [7, 11) is 0. The van der Waals surface area contributed by atoms with Crippen LogP contribution in [-0.4, -0.2) is 60.4 Å². The Hall–Kier alpha value is -1.76. The van der Waals surface area contributed by atoms with Gasteiger partial charge in [-0.25, -0.2) is 4.79 Å². The van der Waals surface area contributed by atoms with E-state index in [1.807, 2.05) is 36.4 Å². The van der Waals surface area contributed by atoms with E-state index < -0.39 is 24.4 Å². The summed E-state index contributed by atoms with van der Waals surface area (Å²) < 4.78 is 41.7. The van der Waals surface area contributed by atoms with Crippen molar-refractivity contribution in [3.05, 3.63) is 36.4 Å². The second-order valence-corrected chi connectivity index (χ2v) is 6.51. The van der Waals surface area contributed by atoms with Crippen molar-refractivity contribution in [2.45, 2.75) is 32.5 Å². The summed E-state index contributed by atoms with van der Waals surface area (Å²) in [6, 6.07) is 12.0. The topological polar surface area (TPSA) is 32.8 Å². The molecule has 0 bridgehead atoms. The fourth-order valence-electron chi connectivity index (χ4n) is 2.05. The molecule has 1 aliphatic heterocycles. The summed E-state index contributed by atoms with van der Waals surface area (Å²) in [5.74, 6) is 0. The number of hydrogen-bond acceptors (Lipinski definition) is 3. The van der Waals surface area contributed by atoms with Crippen molar-refractivity contribution in [2.24, 2.45) is 0 Å². The molecule has 1 fully saturated rings. The minimum absolute atomic E-state index is 0.221. The average Bonchev–Trinajstić information content (AvgIpc) is 2.47. The van der Waals surface area contributed by atoms with Gasteiger partial charge in [-0.15, -0.1) is 0 Å².